The molecular formula is C20H19NO5. The molecular weight excluding hydrogens is 334 g/mol. The standard InChI is InChI=1S/C20H19NO5/c1-14(22)16-7-8-18-17(11-16)21(19(23)13-26-18)12-20(24)25-10-9-15-5-3-2-4-6-15/h2-8,11H,9-10,12-13H2,1H3. The number of carbonyl (C=O) groups is 3. The second-order valence-electron chi connectivity index (χ2n) is 5.96. The van der Waals surface area contributed by atoms with Crippen LogP contribution in [0.2, 0.25) is 0 Å². The van der Waals surface area contributed by atoms with Gasteiger partial charge in [-0.25, -0.2) is 0 Å². The van der Waals surface area contributed by atoms with Crippen LogP contribution in [-0.2, 0) is 20.7 Å². The van der Waals surface area contributed by atoms with Crippen LogP contribution in [0.15, 0.2) is 48.5 Å². The Morgan fingerprint density at radius 2 is 1.92 bits per heavy atom. The second-order valence-corrected chi connectivity index (χ2v) is 5.96. The third-order valence-electron chi connectivity index (χ3n) is 4.09. The van der Waals surface area contributed by atoms with Gasteiger partial charge in [0.2, 0.25) is 0 Å². The van der Waals surface area contributed by atoms with Gasteiger partial charge in [-0.2, -0.15) is 0 Å². The number of ether oxygens (including phenoxy) is 2. The van der Waals surface area contributed by atoms with E-state index in [4.69, 9.17) is 9.47 Å². The fraction of sp³-hybridized carbons (Fsp3) is 0.250. The van der Waals surface area contributed by atoms with Gasteiger partial charge in [0, 0.05) is 12.0 Å². The zero-order valence-electron chi connectivity index (χ0n) is 14.4. The molecule has 6 heteroatoms. The zero-order valence-corrected chi connectivity index (χ0v) is 14.4. The molecule has 2 aromatic rings. The van der Waals surface area contributed by atoms with E-state index in [1.165, 1.54) is 11.8 Å². The lowest BCUT2D eigenvalue weighted by atomic mass is 10.1. The van der Waals surface area contributed by atoms with Gasteiger partial charge in [-0.15, -0.1) is 0 Å². The van der Waals surface area contributed by atoms with E-state index in [0.717, 1.165) is 5.56 Å². The van der Waals surface area contributed by atoms with Crippen molar-refractivity contribution in [3.8, 4) is 5.75 Å². The number of nitrogens with zero attached hydrogens (tertiary/aromatic N) is 1. The Morgan fingerprint density at radius 1 is 1.15 bits per heavy atom. The van der Waals surface area contributed by atoms with Crippen LogP contribution >= 0.6 is 0 Å². The summed E-state index contributed by atoms with van der Waals surface area (Å²) in [6.45, 7) is 1.31. The minimum Gasteiger partial charge on any atom is -0.482 e. The molecule has 1 heterocycles. The van der Waals surface area contributed by atoms with E-state index in [1.54, 1.807) is 18.2 Å². The van der Waals surface area contributed by atoms with Gasteiger partial charge in [0.15, 0.2) is 12.4 Å². The molecule has 0 saturated carbocycles. The number of Topliss-reactive ketones (excluding diaryl/α,β-unsaturated/α-hetero) is 1. The van der Waals surface area contributed by atoms with Crippen molar-refractivity contribution in [2.75, 3.05) is 24.7 Å². The van der Waals surface area contributed by atoms with Crippen LogP contribution in [0.5, 0.6) is 5.75 Å². The normalized spacial score (nSPS) is 13.0. The van der Waals surface area contributed by atoms with Crippen LogP contribution in [-0.4, -0.2) is 37.4 Å². The summed E-state index contributed by atoms with van der Waals surface area (Å²) in [5.41, 5.74) is 1.93. The summed E-state index contributed by atoms with van der Waals surface area (Å²) in [6.07, 6.45) is 0.606. The first-order chi connectivity index (χ1) is 12.5. The second kappa shape index (κ2) is 7.82. The molecule has 1 amide bonds. The average Bonchev–Trinajstić information content (AvgIpc) is 2.64. The van der Waals surface area contributed by atoms with Crippen LogP contribution in [0.4, 0.5) is 5.69 Å². The number of rotatable bonds is 6. The van der Waals surface area contributed by atoms with Gasteiger partial charge < -0.3 is 9.47 Å². The molecule has 0 saturated heterocycles. The topological polar surface area (TPSA) is 72.9 Å². The molecule has 1 aliphatic rings. The summed E-state index contributed by atoms with van der Waals surface area (Å²) in [6, 6.07) is 14.5. The third kappa shape index (κ3) is 4.08. The lowest BCUT2D eigenvalue weighted by molar-refractivity contribution is -0.143. The number of ketones is 1. The lowest BCUT2D eigenvalue weighted by Crippen LogP contribution is -2.42. The maximum atomic E-state index is 12.2. The Hall–Kier alpha value is -3.15. The Labute approximate surface area is 151 Å². The molecule has 0 aromatic heterocycles. The molecule has 6 nitrogen and oxygen atoms in total. The summed E-state index contributed by atoms with van der Waals surface area (Å²) in [5, 5.41) is 0. The van der Waals surface area contributed by atoms with E-state index in [0.29, 0.717) is 23.4 Å². The van der Waals surface area contributed by atoms with Crippen molar-refractivity contribution in [1.82, 2.24) is 0 Å². The Bertz CT molecular complexity index is 831. The van der Waals surface area contributed by atoms with Gasteiger partial charge in [0.05, 0.1) is 12.3 Å². The first-order valence-corrected chi connectivity index (χ1v) is 8.32. The van der Waals surface area contributed by atoms with Gasteiger partial charge in [-0.1, -0.05) is 30.3 Å². The molecule has 0 bridgehead atoms. The molecule has 0 unspecified atom stereocenters. The molecule has 0 spiro atoms. The van der Waals surface area contributed by atoms with Crippen LogP contribution in [0, 0.1) is 0 Å². The van der Waals surface area contributed by atoms with Gasteiger partial charge in [-0.05, 0) is 30.7 Å². The molecule has 0 atom stereocenters. The predicted octanol–water partition coefficient (Wildman–Crippen LogP) is 2.40. The minimum atomic E-state index is -0.504. The highest BCUT2D eigenvalue weighted by Crippen LogP contribution is 2.33. The molecule has 134 valence electrons. The maximum absolute atomic E-state index is 12.2. The third-order valence-corrected chi connectivity index (χ3v) is 4.09. The van der Waals surface area contributed by atoms with Gasteiger partial charge in [-0.3, -0.25) is 19.3 Å². The smallest absolute Gasteiger partial charge is 0.326 e. The van der Waals surface area contributed by atoms with Crippen LogP contribution in [0.1, 0.15) is 22.8 Å². The number of fused-ring (bicyclic) bond motifs is 1. The summed E-state index contributed by atoms with van der Waals surface area (Å²) >= 11 is 0. The van der Waals surface area contributed by atoms with Crippen LogP contribution in [0.25, 0.3) is 0 Å². The van der Waals surface area contributed by atoms with E-state index in [9.17, 15) is 14.4 Å². The molecule has 1 aliphatic heterocycles. The average molecular weight is 353 g/mol. The monoisotopic (exact) mass is 353 g/mol. The predicted molar refractivity (Wildman–Crippen MR) is 95.4 cm³/mol. The molecule has 0 radical (unpaired) electrons. The SMILES string of the molecule is CC(=O)c1ccc2c(c1)N(CC(=O)OCCc1ccccc1)C(=O)CO2. The fourth-order valence-electron chi connectivity index (χ4n) is 2.70. The van der Waals surface area contributed by atoms with Crippen LogP contribution < -0.4 is 9.64 Å². The molecule has 3 rings (SSSR count). The van der Waals surface area contributed by atoms with Crippen molar-refractivity contribution in [2.45, 2.75) is 13.3 Å². The Kier molecular flexibility index (Phi) is 5.31. The van der Waals surface area contributed by atoms with Crippen molar-refractivity contribution >= 4 is 23.3 Å². The number of benzene rings is 2. The van der Waals surface area contributed by atoms with E-state index >= 15 is 0 Å². The maximum Gasteiger partial charge on any atom is 0.326 e. The lowest BCUT2D eigenvalue weighted by Gasteiger charge is -2.28. The summed E-state index contributed by atoms with van der Waals surface area (Å²) in [5.74, 6) is -0.517. The summed E-state index contributed by atoms with van der Waals surface area (Å²) < 4.78 is 10.6. The minimum absolute atomic E-state index is 0.129. The molecule has 0 aliphatic carbocycles. The Balaban J connectivity index is 1.65. The van der Waals surface area contributed by atoms with Gasteiger partial charge in [0.1, 0.15) is 12.3 Å². The molecule has 26 heavy (non-hydrogen) atoms. The fourth-order valence-corrected chi connectivity index (χ4v) is 2.70. The zero-order chi connectivity index (χ0) is 18.5. The van der Waals surface area contributed by atoms with E-state index in [2.05, 4.69) is 0 Å². The number of anilines is 1. The van der Waals surface area contributed by atoms with Gasteiger partial charge in [0.25, 0.3) is 5.91 Å². The number of carbonyl (C=O) groups excluding carboxylic acids is 3. The van der Waals surface area contributed by atoms with E-state index < -0.39 is 5.97 Å². The van der Waals surface area contributed by atoms with Crippen molar-refractivity contribution in [3.63, 3.8) is 0 Å². The molecule has 0 N–H and O–H groups in total. The van der Waals surface area contributed by atoms with Crippen molar-refractivity contribution < 1.29 is 23.9 Å². The Morgan fingerprint density at radius 3 is 2.65 bits per heavy atom. The highest BCUT2D eigenvalue weighted by atomic mass is 16.5. The quantitative estimate of drug-likeness (QED) is 0.589. The van der Waals surface area contributed by atoms with Crippen molar-refractivity contribution in [2.24, 2.45) is 0 Å². The largest absolute Gasteiger partial charge is 0.482 e. The highest BCUT2D eigenvalue weighted by Gasteiger charge is 2.28. The molecule has 2 aromatic carbocycles. The number of amides is 1. The first kappa shape index (κ1) is 17.7. The number of hydrogen-bond acceptors (Lipinski definition) is 5. The molecule has 0 fully saturated rings. The summed E-state index contributed by atoms with van der Waals surface area (Å²) in [7, 11) is 0. The van der Waals surface area contributed by atoms with Gasteiger partial charge >= 0.3 is 5.97 Å². The van der Waals surface area contributed by atoms with Crippen molar-refractivity contribution in [1.29, 1.82) is 0 Å². The summed E-state index contributed by atoms with van der Waals surface area (Å²) in [4.78, 5) is 37.2. The number of hydrogen-bond donors (Lipinski definition) is 0. The number of esters is 1. The van der Waals surface area contributed by atoms with E-state index in [-0.39, 0.29) is 31.4 Å². The van der Waals surface area contributed by atoms with Crippen molar-refractivity contribution in [3.05, 3.63) is 59.7 Å². The first-order valence-electron chi connectivity index (χ1n) is 8.32. The highest BCUT2D eigenvalue weighted by molar-refractivity contribution is 6.03. The van der Waals surface area contributed by atoms with E-state index in [1.807, 2.05) is 30.3 Å². The van der Waals surface area contributed by atoms with Crippen LogP contribution in [0.3, 0.4) is 0 Å².